The highest BCUT2D eigenvalue weighted by atomic mass is 79.9. The van der Waals surface area contributed by atoms with Gasteiger partial charge in [0, 0.05) is 20.0 Å². The maximum atomic E-state index is 5.76. The van der Waals surface area contributed by atoms with Crippen molar-refractivity contribution >= 4 is 31.9 Å². The van der Waals surface area contributed by atoms with Gasteiger partial charge in [0.1, 0.15) is 5.82 Å². The Morgan fingerprint density at radius 3 is 2.47 bits per heavy atom. The Hall–Kier alpha value is -0.720. The van der Waals surface area contributed by atoms with E-state index in [0.717, 1.165) is 26.2 Å². The number of aromatic nitrogens is 3. The molecule has 1 aromatic carbocycles. The van der Waals surface area contributed by atoms with Crippen molar-refractivity contribution < 1.29 is 0 Å². The van der Waals surface area contributed by atoms with Crippen LogP contribution in [0, 0.1) is 0 Å². The average Bonchev–Trinajstić information content (AvgIpc) is 2.75. The van der Waals surface area contributed by atoms with E-state index in [1.165, 1.54) is 0 Å². The van der Waals surface area contributed by atoms with Gasteiger partial charge in [-0.15, -0.1) is 10.2 Å². The Balaban J connectivity index is 2.69. The molecule has 1 aromatic heterocycles. The predicted molar refractivity (Wildman–Crippen MR) is 83.7 cm³/mol. The molecule has 102 valence electrons. The van der Waals surface area contributed by atoms with Crippen LogP contribution in [0.1, 0.15) is 26.6 Å². The van der Waals surface area contributed by atoms with Gasteiger partial charge in [-0.2, -0.15) is 0 Å². The SMILES string of the molecule is CC(C)(C)n1c(CN)nnc1-c1cc(Br)ccc1Br. The molecule has 2 N–H and O–H groups in total. The number of nitrogens with two attached hydrogens (primary N) is 1. The van der Waals surface area contributed by atoms with Crippen LogP contribution in [0.4, 0.5) is 0 Å². The van der Waals surface area contributed by atoms with Gasteiger partial charge in [0.2, 0.25) is 0 Å². The van der Waals surface area contributed by atoms with Gasteiger partial charge >= 0.3 is 0 Å². The van der Waals surface area contributed by atoms with Gasteiger partial charge in [0.15, 0.2) is 5.82 Å². The number of nitrogens with zero attached hydrogens (tertiary/aromatic N) is 3. The van der Waals surface area contributed by atoms with Gasteiger partial charge in [-0.3, -0.25) is 0 Å². The van der Waals surface area contributed by atoms with E-state index in [4.69, 9.17) is 5.73 Å². The summed E-state index contributed by atoms with van der Waals surface area (Å²) >= 11 is 7.06. The molecule has 0 bridgehead atoms. The lowest BCUT2D eigenvalue weighted by Gasteiger charge is -2.25. The minimum absolute atomic E-state index is 0.130. The van der Waals surface area contributed by atoms with Crippen LogP contribution in [0.5, 0.6) is 0 Å². The molecular weight excluding hydrogens is 372 g/mol. The highest BCUT2D eigenvalue weighted by Crippen LogP contribution is 2.33. The van der Waals surface area contributed by atoms with Crippen molar-refractivity contribution in [1.29, 1.82) is 0 Å². The van der Waals surface area contributed by atoms with Gasteiger partial charge < -0.3 is 10.3 Å². The van der Waals surface area contributed by atoms with Crippen LogP contribution in [-0.2, 0) is 12.1 Å². The molecule has 0 radical (unpaired) electrons. The topological polar surface area (TPSA) is 56.7 Å². The van der Waals surface area contributed by atoms with E-state index in [2.05, 4.69) is 67.4 Å². The zero-order valence-electron chi connectivity index (χ0n) is 11.1. The van der Waals surface area contributed by atoms with Crippen LogP contribution >= 0.6 is 31.9 Å². The largest absolute Gasteiger partial charge is 0.324 e. The van der Waals surface area contributed by atoms with Crippen molar-refractivity contribution in [3.05, 3.63) is 33.0 Å². The number of rotatable bonds is 2. The molecule has 0 aliphatic heterocycles. The molecule has 0 fully saturated rings. The van der Waals surface area contributed by atoms with Gasteiger partial charge in [0.25, 0.3) is 0 Å². The Morgan fingerprint density at radius 1 is 1.21 bits per heavy atom. The lowest BCUT2D eigenvalue weighted by Crippen LogP contribution is -2.26. The Bertz CT molecular complexity index is 599. The maximum absolute atomic E-state index is 5.76. The van der Waals surface area contributed by atoms with Gasteiger partial charge in [-0.25, -0.2) is 0 Å². The number of benzene rings is 1. The van der Waals surface area contributed by atoms with Crippen molar-refractivity contribution in [1.82, 2.24) is 14.8 Å². The Kier molecular flexibility index (Phi) is 4.13. The summed E-state index contributed by atoms with van der Waals surface area (Å²) in [6.45, 7) is 6.72. The fraction of sp³-hybridized carbons (Fsp3) is 0.385. The first-order valence-electron chi connectivity index (χ1n) is 5.95. The monoisotopic (exact) mass is 386 g/mol. The van der Waals surface area contributed by atoms with Crippen molar-refractivity contribution in [2.75, 3.05) is 0 Å². The van der Waals surface area contributed by atoms with Crippen LogP contribution in [0.15, 0.2) is 27.1 Å². The van der Waals surface area contributed by atoms with Gasteiger partial charge in [-0.1, -0.05) is 31.9 Å². The molecule has 2 rings (SSSR count). The third kappa shape index (κ3) is 2.90. The molecule has 19 heavy (non-hydrogen) atoms. The van der Waals surface area contributed by atoms with E-state index in [1.54, 1.807) is 0 Å². The fourth-order valence-electron chi connectivity index (χ4n) is 2.00. The summed E-state index contributed by atoms with van der Waals surface area (Å²) in [5.74, 6) is 1.61. The zero-order chi connectivity index (χ0) is 14.2. The maximum Gasteiger partial charge on any atom is 0.165 e. The smallest absolute Gasteiger partial charge is 0.165 e. The summed E-state index contributed by atoms with van der Waals surface area (Å²) in [5.41, 5.74) is 6.63. The highest BCUT2D eigenvalue weighted by Gasteiger charge is 2.24. The van der Waals surface area contributed by atoms with Crippen LogP contribution in [-0.4, -0.2) is 14.8 Å². The van der Waals surface area contributed by atoms with Crippen LogP contribution in [0.25, 0.3) is 11.4 Å². The minimum Gasteiger partial charge on any atom is -0.324 e. The second-order valence-corrected chi connectivity index (χ2v) is 7.04. The molecule has 6 heteroatoms. The van der Waals surface area contributed by atoms with E-state index in [0.29, 0.717) is 6.54 Å². The first kappa shape index (κ1) is 14.7. The van der Waals surface area contributed by atoms with E-state index >= 15 is 0 Å². The molecule has 2 aromatic rings. The molecule has 0 unspecified atom stereocenters. The molecule has 0 amide bonds. The lowest BCUT2D eigenvalue weighted by molar-refractivity contribution is 0.386. The third-order valence-corrected chi connectivity index (χ3v) is 3.94. The quantitative estimate of drug-likeness (QED) is 0.854. The molecular formula is C13H16Br2N4. The Morgan fingerprint density at radius 2 is 1.89 bits per heavy atom. The zero-order valence-corrected chi connectivity index (χ0v) is 14.3. The summed E-state index contributed by atoms with van der Waals surface area (Å²) in [4.78, 5) is 0. The molecule has 0 saturated carbocycles. The van der Waals surface area contributed by atoms with Crippen molar-refractivity contribution in [2.45, 2.75) is 32.9 Å². The van der Waals surface area contributed by atoms with E-state index in [1.807, 2.05) is 18.2 Å². The molecule has 0 spiro atoms. The summed E-state index contributed by atoms with van der Waals surface area (Å²) < 4.78 is 4.07. The molecule has 0 atom stereocenters. The van der Waals surface area contributed by atoms with Crippen molar-refractivity contribution in [3.63, 3.8) is 0 Å². The first-order valence-corrected chi connectivity index (χ1v) is 7.53. The predicted octanol–water partition coefficient (Wildman–Crippen LogP) is 3.68. The molecule has 1 heterocycles. The Labute approximate surface area is 129 Å². The van der Waals surface area contributed by atoms with Crippen LogP contribution in [0.3, 0.4) is 0 Å². The van der Waals surface area contributed by atoms with Gasteiger partial charge in [0.05, 0.1) is 6.54 Å². The minimum atomic E-state index is -0.130. The van der Waals surface area contributed by atoms with E-state index in [9.17, 15) is 0 Å². The standard InChI is InChI=1S/C13H16Br2N4/c1-13(2,3)19-11(7-16)17-18-12(19)9-6-8(14)4-5-10(9)15/h4-6H,7,16H2,1-3H3. The summed E-state index contributed by atoms with van der Waals surface area (Å²) in [6, 6.07) is 6.00. The van der Waals surface area contributed by atoms with Crippen LogP contribution < -0.4 is 5.73 Å². The van der Waals surface area contributed by atoms with E-state index in [-0.39, 0.29) is 5.54 Å². The summed E-state index contributed by atoms with van der Waals surface area (Å²) in [6.07, 6.45) is 0. The number of hydrogen-bond acceptors (Lipinski definition) is 3. The van der Waals surface area contributed by atoms with Crippen LogP contribution in [0.2, 0.25) is 0 Å². The molecule has 4 nitrogen and oxygen atoms in total. The molecule has 0 saturated heterocycles. The number of hydrogen-bond donors (Lipinski definition) is 1. The second kappa shape index (κ2) is 5.34. The van der Waals surface area contributed by atoms with Gasteiger partial charge in [-0.05, 0) is 39.0 Å². The molecule has 0 aliphatic carbocycles. The van der Waals surface area contributed by atoms with Crippen molar-refractivity contribution in [3.8, 4) is 11.4 Å². The fourth-order valence-corrected chi connectivity index (χ4v) is 2.78. The summed E-state index contributed by atoms with van der Waals surface area (Å²) in [7, 11) is 0. The molecule has 0 aliphatic rings. The van der Waals surface area contributed by atoms with E-state index < -0.39 is 0 Å². The third-order valence-electron chi connectivity index (χ3n) is 2.75. The summed E-state index contributed by atoms with van der Waals surface area (Å²) in [5, 5.41) is 8.51. The first-order chi connectivity index (χ1) is 8.84. The second-order valence-electron chi connectivity index (χ2n) is 5.27. The normalized spacial score (nSPS) is 11.9. The number of halogens is 2. The average molecular weight is 388 g/mol. The van der Waals surface area contributed by atoms with Crippen molar-refractivity contribution in [2.24, 2.45) is 5.73 Å². The lowest BCUT2D eigenvalue weighted by atomic mass is 10.1. The highest BCUT2D eigenvalue weighted by molar-refractivity contribution is 9.11.